The predicted molar refractivity (Wildman–Crippen MR) is 101 cm³/mol. The zero-order chi connectivity index (χ0) is 19.1. The normalized spacial score (nSPS) is 10.4. The molecule has 0 atom stereocenters. The van der Waals surface area contributed by atoms with E-state index in [0.29, 0.717) is 17.8 Å². The van der Waals surface area contributed by atoms with Gasteiger partial charge < -0.3 is 14.6 Å². The molecule has 0 saturated carbocycles. The van der Waals surface area contributed by atoms with Crippen LogP contribution in [0.1, 0.15) is 21.7 Å². The van der Waals surface area contributed by atoms with Gasteiger partial charge in [-0.05, 0) is 57.4 Å². The van der Waals surface area contributed by atoms with Gasteiger partial charge in [0.1, 0.15) is 0 Å². The summed E-state index contributed by atoms with van der Waals surface area (Å²) < 4.78 is 5.65. The highest BCUT2D eigenvalue weighted by atomic mass is 79.9. The Morgan fingerprint density at radius 3 is 2.44 bits per heavy atom. The lowest BCUT2D eigenvalue weighted by atomic mass is 10.2. The van der Waals surface area contributed by atoms with Crippen molar-refractivity contribution >= 4 is 27.7 Å². The van der Waals surface area contributed by atoms with Crippen LogP contribution in [0, 0.1) is 0 Å². The third kappa shape index (κ3) is 5.49. The number of furan rings is 1. The molecular weight excluding hydrogens is 412 g/mol. The maximum absolute atomic E-state index is 12.7. The number of halogens is 1. The van der Waals surface area contributed by atoms with E-state index in [1.54, 1.807) is 35.8 Å². The van der Waals surface area contributed by atoms with Crippen molar-refractivity contribution in [1.82, 2.24) is 20.2 Å². The third-order valence-corrected chi connectivity index (χ3v) is 4.20. The highest BCUT2D eigenvalue weighted by Gasteiger charge is 2.17. The zero-order valence-electron chi connectivity index (χ0n) is 14.3. The molecule has 8 heteroatoms. The van der Waals surface area contributed by atoms with E-state index < -0.39 is 5.91 Å². The van der Waals surface area contributed by atoms with E-state index in [1.807, 2.05) is 24.3 Å². The van der Waals surface area contributed by atoms with Crippen molar-refractivity contribution in [3.63, 3.8) is 0 Å². The summed E-state index contributed by atoms with van der Waals surface area (Å²) in [6, 6.07) is 10.6. The number of aromatic nitrogens is 2. The summed E-state index contributed by atoms with van der Waals surface area (Å²) in [7, 11) is 0. The molecule has 0 unspecified atom stereocenters. The van der Waals surface area contributed by atoms with E-state index in [2.05, 4.69) is 31.2 Å². The molecular formula is C19H17BrN4O3. The van der Waals surface area contributed by atoms with Gasteiger partial charge in [-0.15, -0.1) is 0 Å². The van der Waals surface area contributed by atoms with Gasteiger partial charge in [0.05, 0.1) is 6.54 Å². The number of pyridine rings is 2. The molecule has 0 spiro atoms. The van der Waals surface area contributed by atoms with Crippen molar-refractivity contribution in [1.29, 1.82) is 0 Å². The molecule has 3 rings (SSSR count). The van der Waals surface area contributed by atoms with Crippen LogP contribution in [-0.2, 0) is 17.9 Å². The van der Waals surface area contributed by atoms with Crippen molar-refractivity contribution in [2.75, 3.05) is 6.54 Å². The lowest BCUT2D eigenvalue weighted by molar-refractivity contribution is -0.131. The zero-order valence-corrected chi connectivity index (χ0v) is 15.9. The van der Waals surface area contributed by atoms with Crippen LogP contribution in [0.5, 0.6) is 0 Å². The first-order chi connectivity index (χ1) is 13.1. The molecule has 0 aliphatic rings. The van der Waals surface area contributed by atoms with Gasteiger partial charge in [0.25, 0.3) is 5.91 Å². The Morgan fingerprint density at radius 2 is 1.78 bits per heavy atom. The molecule has 0 saturated heterocycles. The van der Waals surface area contributed by atoms with Gasteiger partial charge in [0.2, 0.25) is 5.91 Å². The van der Waals surface area contributed by atoms with Crippen molar-refractivity contribution < 1.29 is 14.0 Å². The molecule has 0 aromatic carbocycles. The number of hydrogen-bond donors (Lipinski definition) is 1. The second-order valence-electron chi connectivity index (χ2n) is 5.75. The molecule has 138 valence electrons. The number of nitrogens with zero attached hydrogens (tertiary/aromatic N) is 3. The Hall–Kier alpha value is -3.00. The topological polar surface area (TPSA) is 88.3 Å². The van der Waals surface area contributed by atoms with Crippen molar-refractivity contribution in [3.8, 4) is 0 Å². The summed E-state index contributed by atoms with van der Waals surface area (Å²) in [5.74, 6) is -0.517. The number of amides is 2. The molecule has 0 bridgehead atoms. The van der Waals surface area contributed by atoms with Crippen molar-refractivity contribution in [2.24, 2.45) is 0 Å². The quantitative estimate of drug-likeness (QED) is 0.624. The molecule has 3 heterocycles. The summed E-state index contributed by atoms with van der Waals surface area (Å²) in [5.41, 5.74) is 1.85. The fourth-order valence-electron chi connectivity index (χ4n) is 2.44. The van der Waals surface area contributed by atoms with E-state index in [0.717, 1.165) is 11.1 Å². The van der Waals surface area contributed by atoms with Crippen LogP contribution < -0.4 is 5.32 Å². The van der Waals surface area contributed by atoms with Crippen molar-refractivity contribution in [3.05, 3.63) is 82.7 Å². The maximum atomic E-state index is 12.7. The number of carbonyl (C=O) groups is 2. The molecule has 0 radical (unpaired) electrons. The summed E-state index contributed by atoms with van der Waals surface area (Å²) in [5, 5.41) is 2.59. The Kier molecular flexibility index (Phi) is 6.32. The van der Waals surface area contributed by atoms with E-state index in [1.165, 1.54) is 6.07 Å². The van der Waals surface area contributed by atoms with Gasteiger partial charge in [0.15, 0.2) is 10.4 Å². The fourth-order valence-corrected chi connectivity index (χ4v) is 2.75. The van der Waals surface area contributed by atoms with E-state index in [9.17, 15) is 9.59 Å². The minimum absolute atomic E-state index is 0.136. The van der Waals surface area contributed by atoms with E-state index >= 15 is 0 Å². The Morgan fingerprint density at radius 1 is 1.00 bits per heavy atom. The third-order valence-electron chi connectivity index (χ3n) is 3.77. The van der Waals surface area contributed by atoms with Crippen LogP contribution in [0.4, 0.5) is 0 Å². The molecule has 3 aromatic heterocycles. The molecule has 7 nitrogen and oxygen atoms in total. The summed E-state index contributed by atoms with van der Waals surface area (Å²) in [4.78, 5) is 34.6. The van der Waals surface area contributed by atoms with Gasteiger partial charge in [-0.25, -0.2) is 0 Å². The van der Waals surface area contributed by atoms with Crippen LogP contribution in [0.15, 0.2) is 70.3 Å². The summed E-state index contributed by atoms with van der Waals surface area (Å²) in [6.07, 6.45) is 6.75. The van der Waals surface area contributed by atoms with Gasteiger partial charge in [0, 0.05) is 37.9 Å². The molecule has 1 N–H and O–H groups in total. The van der Waals surface area contributed by atoms with Crippen LogP contribution in [0.2, 0.25) is 0 Å². The number of nitrogens with one attached hydrogen (secondary N) is 1. The molecule has 0 fully saturated rings. The second kappa shape index (κ2) is 9.09. The fraction of sp³-hybridized carbons (Fsp3) is 0.158. The molecule has 3 aromatic rings. The first-order valence-electron chi connectivity index (χ1n) is 8.21. The lowest BCUT2D eigenvalue weighted by Gasteiger charge is -2.23. The largest absolute Gasteiger partial charge is 0.444 e. The minimum atomic E-state index is -0.445. The maximum Gasteiger partial charge on any atom is 0.287 e. The van der Waals surface area contributed by atoms with Gasteiger partial charge >= 0.3 is 0 Å². The van der Waals surface area contributed by atoms with Crippen molar-refractivity contribution in [2.45, 2.75) is 13.1 Å². The number of rotatable bonds is 7. The Labute approximate surface area is 164 Å². The standard InChI is InChI=1S/C19H17BrN4O3/c20-17-4-3-16(27-17)19(26)23-11-18(25)24(12-14-5-8-21-9-6-14)13-15-2-1-7-22-10-15/h1-10H,11-13H2,(H,23,26). The summed E-state index contributed by atoms with van der Waals surface area (Å²) in [6.45, 7) is 0.651. The first kappa shape index (κ1) is 18.8. The van der Waals surface area contributed by atoms with Crippen LogP contribution in [0.3, 0.4) is 0 Å². The monoisotopic (exact) mass is 428 g/mol. The van der Waals surface area contributed by atoms with Crippen LogP contribution in [0.25, 0.3) is 0 Å². The number of hydrogen-bond acceptors (Lipinski definition) is 5. The average molecular weight is 429 g/mol. The van der Waals surface area contributed by atoms with Crippen LogP contribution in [-0.4, -0.2) is 33.2 Å². The molecule has 0 aliphatic carbocycles. The highest BCUT2D eigenvalue weighted by molar-refractivity contribution is 9.10. The van der Waals surface area contributed by atoms with Crippen LogP contribution >= 0.6 is 15.9 Å². The average Bonchev–Trinajstić information content (AvgIpc) is 3.13. The first-order valence-corrected chi connectivity index (χ1v) is 9.00. The Bertz CT molecular complexity index is 858. The molecule has 0 aliphatic heterocycles. The minimum Gasteiger partial charge on any atom is -0.444 e. The summed E-state index contributed by atoms with van der Waals surface area (Å²) >= 11 is 3.14. The van der Waals surface area contributed by atoms with Gasteiger partial charge in [-0.3, -0.25) is 19.6 Å². The predicted octanol–water partition coefficient (Wildman–Crippen LogP) is 2.79. The van der Waals surface area contributed by atoms with E-state index in [-0.39, 0.29) is 18.2 Å². The van der Waals surface area contributed by atoms with E-state index in [4.69, 9.17) is 4.42 Å². The highest BCUT2D eigenvalue weighted by Crippen LogP contribution is 2.14. The lowest BCUT2D eigenvalue weighted by Crippen LogP contribution is -2.39. The smallest absolute Gasteiger partial charge is 0.287 e. The van der Waals surface area contributed by atoms with Gasteiger partial charge in [-0.2, -0.15) is 0 Å². The molecule has 2 amide bonds. The molecule has 27 heavy (non-hydrogen) atoms. The van der Waals surface area contributed by atoms with Gasteiger partial charge in [-0.1, -0.05) is 6.07 Å². The number of carbonyl (C=O) groups excluding carboxylic acids is 2. The Balaban J connectivity index is 1.67. The second-order valence-corrected chi connectivity index (χ2v) is 6.53. The SMILES string of the molecule is O=C(NCC(=O)N(Cc1ccncc1)Cc1cccnc1)c1ccc(Br)o1.